The van der Waals surface area contributed by atoms with Crippen LogP contribution in [0.2, 0.25) is 0 Å². The van der Waals surface area contributed by atoms with Gasteiger partial charge in [0, 0.05) is 70.0 Å². The van der Waals surface area contributed by atoms with Crippen LogP contribution in [0.25, 0.3) is 127 Å². The first-order chi connectivity index (χ1) is 33.7. The topological polar surface area (TPSA) is 82.3 Å². The molecule has 0 aliphatic carbocycles. The van der Waals surface area contributed by atoms with Gasteiger partial charge in [-0.1, -0.05) is 164 Å². The normalized spacial score (nSPS) is 11.5. The Morgan fingerprint density at radius 2 is 0.676 bits per heavy atom. The van der Waals surface area contributed by atoms with Crippen LogP contribution in [0.4, 0.5) is 0 Å². The van der Waals surface area contributed by atoms with E-state index < -0.39 is 0 Å². The van der Waals surface area contributed by atoms with E-state index in [1.165, 1.54) is 9.40 Å². The highest BCUT2D eigenvalue weighted by Crippen LogP contribution is 2.43. The average Bonchev–Trinajstić information content (AvgIpc) is 3.97. The molecule has 318 valence electrons. The second-order valence-corrected chi connectivity index (χ2v) is 17.8. The largest absolute Gasteiger partial charge is 0.309 e. The molecular weight excluding hydrogens is 851 g/mol. The number of thiophene rings is 1. The standard InChI is InChI=1S/C60H37N7S/c1-6-17-38(18-7-1)55-61-56(39-19-8-2-9-20-39)64-59(63-55)44-30-33-51-48(37-44)47-35-42(29-32-50(47)67(51)45-25-14-5-15-26-45)43-31-34-52-49(36-43)54-46(27-16-28-53(54)68-52)60-65-57(40-21-10-3-11-22-40)62-58(66-60)41-23-12-4-13-24-41/h1-37H. The lowest BCUT2D eigenvalue weighted by atomic mass is 9.99. The number of rotatable bonds is 8. The van der Waals surface area contributed by atoms with Gasteiger partial charge in [0.2, 0.25) is 0 Å². The summed E-state index contributed by atoms with van der Waals surface area (Å²) in [4.78, 5) is 30.4. The average molecular weight is 888 g/mol. The van der Waals surface area contributed by atoms with E-state index in [1.807, 2.05) is 121 Å². The summed E-state index contributed by atoms with van der Waals surface area (Å²) in [5, 5.41) is 4.53. The fraction of sp³-hybridized carbons (Fsp3) is 0. The van der Waals surface area contributed by atoms with Crippen molar-refractivity contribution in [3.05, 3.63) is 224 Å². The molecule has 0 saturated heterocycles. The molecule has 0 radical (unpaired) electrons. The van der Waals surface area contributed by atoms with Gasteiger partial charge in [-0.25, -0.2) is 29.9 Å². The fourth-order valence-electron chi connectivity index (χ4n) is 9.26. The lowest BCUT2D eigenvalue weighted by Crippen LogP contribution is -2.00. The summed E-state index contributed by atoms with van der Waals surface area (Å²) in [5.74, 6) is 3.80. The molecular formula is C60H37N7S. The second kappa shape index (κ2) is 16.5. The summed E-state index contributed by atoms with van der Waals surface area (Å²) in [5.41, 5.74) is 11.2. The Bertz CT molecular complexity index is 3890. The van der Waals surface area contributed by atoms with Crippen molar-refractivity contribution in [2.75, 3.05) is 0 Å². The molecule has 0 bridgehead atoms. The predicted molar refractivity (Wildman–Crippen MR) is 278 cm³/mol. The monoisotopic (exact) mass is 887 g/mol. The molecule has 0 N–H and O–H groups in total. The quantitative estimate of drug-likeness (QED) is 0.151. The molecule has 9 aromatic carbocycles. The third-order valence-corrected chi connectivity index (χ3v) is 13.6. The molecule has 0 spiro atoms. The van der Waals surface area contributed by atoms with Crippen LogP contribution in [0.1, 0.15) is 0 Å². The second-order valence-electron chi connectivity index (χ2n) is 16.7. The Balaban J connectivity index is 0.982. The van der Waals surface area contributed by atoms with E-state index in [0.29, 0.717) is 34.9 Å². The molecule has 13 rings (SSSR count). The molecule has 0 aliphatic heterocycles. The zero-order valence-corrected chi connectivity index (χ0v) is 37.2. The van der Waals surface area contributed by atoms with E-state index in [-0.39, 0.29) is 0 Å². The summed E-state index contributed by atoms with van der Waals surface area (Å²) < 4.78 is 4.72. The van der Waals surface area contributed by atoms with Gasteiger partial charge in [-0.05, 0) is 71.8 Å². The van der Waals surface area contributed by atoms with Gasteiger partial charge in [-0.3, -0.25) is 0 Å². The van der Waals surface area contributed by atoms with Crippen molar-refractivity contribution in [2.45, 2.75) is 0 Å². The molecule has 7 nitrogen and oxygen atoms in total. The molecule has 4 heterocycles. The van der Waals surface area contributed by atoms with Crippen molar-refractivity contribution in [2.24, 2.45) is 0 Å². The van der Waals surface area contributed by atoms with E-state index in [9.17, 15) is 0 Å². The minimum absolute atomic E-state index is 0.618. The first-order valence-corrected chi connectivity index (χ1v) is 23.3. The van der Waals surface area contributed by atoms with Crippen molar-refractivity contribution < 1.29 is 0 Å². The molecule has 68 heavy (non-hydrogen) atoms. The zero-order valence-electron chi connectivity index (χ0n) is 36.4. The van der Waals surface area contributed by atoms with Crippen molar-refractivity contribution in [3.63, 3.8) is 0 Å². The lowest BCUT2D eigenvalue weighted by Gasteiger charge is -2.10. The maximum Gasteiger partial charge on any atom is 0.164 e. The van der Waals surface area contributed by atoms with Gasteiger partial charge >= 0.3 is 0 Å². The van der Waals surface area contributed by atoms with Crippen LogP contribution in [-0.2, 0) is 0 Å². The smallest absolute Gasteiger partial charge is 0.164 e. The summed E-state index contributed by atoms with van der Waals surface area (Å²) in [6, 6.07) is 77.7. The van der Waals surface area contributed by atoms with Crippen molar-refractivity contribution in [1.82, 2.24) is 34.5 Å². The number of benzene rings is 9. The van der Waals surface area contributed by atoms with Crippen LogP contribution in [0.15, 0.2) is 224 Å². The Kier molecular flexibility index (Phi) is 9.54. The minimum atomic E-state index is 0.618. The van der Waals surface area contributed by atoms with E-state index in [2.05, 4.69) is 108 Å². The zero-order chi connectivity index (χ0) is 45.0. The van der Waals surface area contributed by atoms with Crippen LogP contribution in [0.5, 0.6) is 0 Å². The molecule has 0 amide bonds. The molecule has 0 unspecified atom stereocenters. The summed E-state index contributed by atoms with van der Waals surface area (Å²) >= 11 is 1.79. The number of nitrogens with zero attached hydrogens (tertiary/aromatic N) is 7. The van der Waals surface area contributed by atoms with Crippen LogP contribution >= 0.6 is 11.3 Å². The Labute approximate surface area is 395 Å². The number of aromatic nitrogens is 7. The highest BCUT2D eigenvalue weighted by molar-refractivity contribution is 7.26. The van der Waals surface area contributed by atoms with Crippen LogP contribution < -0.4 is 0 Å². The maximum absolute atomic E-state index is 5.14. The first kappa shape index (κ1) is 39.4. The van der Waals surface area contributed by atoms with Crippen molar-refractivity contribution in [1.29, 1.82) is 0 Å². The fourth-order valence-corrected chi connectivity index (χ4v) is 10.4. The molecule has 8 heteroatoms. The van der Waals surface area contributed by atoms with Crippen LogP contribution in [0.3, 0.4) is 0 Å². The number of para-hydroxylation sites is 1. The summed E-state index contributed by atoms with van der Waals surface area (Å²) in [6.07, 6.45) is 0. The predicted octanol–water partition coefficient (Wildman–Crippen LogP) is 15.2. The highest BCUT2D eigenvalue weighted by Gasteiger charge is 2.20. The maximum atomic E-state index is 5.14. The number of fused-ring (bicyclic) bond motifs is 6. The molecule has 0 saturated carbocycles. The van der Waals surface area contributed by atoms with Crippen LogP contribution in [0, 0.1) is 0 Å². The van der Waals surface area contributed by atoms with Gasteiger partial charge in [0.25, 0.3) is 0 Å². The summed E-state index contributed by atoms with van der Waals surface area (Å²) in [6.45, 7) is 0. The van der Waals surface area contributed by atoms with E-state index in [0.717, 1.165) is 82.8 Å². The molecule has 0 fully saturated rings. The SMILES string of the molecule is c1ccc(-c2nc(-c3ccccc3)nc(-c3ccc4c(c3)c3cc(-c5ccc6sc7cccc(-c8nc(-c9ccccc9)nc(-c9ccccc9)n8)c7c6c5)ccc3n4-c3ccccc3)n2)cc1. The lowest BCUT2D eigenvalue weighted by molar-refractivity contribution is 1.07. The van der Waals surface area contributed by atoms with E-state index >= 15 is 0 Å². The van der Waals surface area contributed by atoms with Crippen molar-refractivity contribution >= 4 is 53.3 Å². The van der Waals surface area contributed by atoms with Gasteiger partial charge < -0.3 is 4.57 Å². The van der Waals surface area contributed by atoms with E-state index in [1.54, 1.807) is 11.3 Å². The van der Waals surface area contributed by atoms with Gasteiger partial charge in [0.1, 0.15) is 0 Å². The van der Waals surface area contributed by atoms with Gasteiger partial charge in [-0.2, -0.15) is 0 Å². The third-order valence-electron chi connectivity index (χ3n) is 12.5. The van der Waals surface area contributed by atoms with Crippen LogP contribution in [-0.4, -0.2) is 34.5 Å². The molecule has 0 atom stereocenters. The van der Waals surface area contributed by atoms with Gasteiger partial charge in [-0.15, -0.1) is 11.3 Å². The van der Waals surface area contributed by atoms with E-state index in [4.69, 9.17) is 29.9 Å². The Hall–Kier alpha value is -8.98. The van der Waals surface area contributed by atoms with Crippen molar-refractivity contribution in [3.8, 4) is 85.1 Å². The highest BCUT2D eigenvalue weighted by atomic mass is 32.1. The Morgan fingerprint density at radius 1 is 0.279 bits per heavy atom. The number of hydrogen-bond donors (Lipinski definition) is 0. The van der Waals surface area contributed by atoms with Gasteiger partial charge in [0.15, 0.2) is 34.9 Å². The Morgan fingerprint density at radius 3 is 1.18 bits per heavy atom. The first-order valence-electron chi connectivity index (χ1n) is 22.5. The minimum Gasteiger partial charge on any atom is -0.309 e. The van der Waals surface area contributed by atoms with Gasteiger partial charge in [0.05, 0.1) is 11.0 Å². The summed E-state index contributed by atoms with van der Waals surface area (Å²) in [7, 11) is 0. The third kappa shape index (κ3) is 6.99. The number of hydrogen-bond acceptors (Lipinski definition) is 7. The molecule has 13 aromatic rings. The molecule has 0 aliphatic rings. The molecule has 4 aromatic heterocycles.